The first-order valence-corrected chi connectivity index (χ1v) is 6.57. The predicted molar refractivity (Wildman–Crippen MR) is 68.8 cm³/mol. The van der Waals surface area contributed by atoms with E-state index in [0.717, 1.165) is 43.5 Å². The standard InChI is InChI=1S/C14H17F3N2O/c15-14(16,17)11-6-4-10(5-7-11)12-3-1-2-8-19(12)9-13(18)20/h4-7,12H,1-3,8-9H2,(H2,18,20)/t12-/m1/s1. The average Bonchev–Trinajstić information content (AvgIpc) is 2.38. The molecule has 110 valence electrons. The fourth-order valence-electron chi connectivity index (χ4n) is 2.65. The minimum atomic E-state index is -4.32. The lowest BCUT2D eigenvalue weighted by Crippen LogP contribution is -2.39. The number of nitrogens with zero attached hydrogens (tertiary/aromatic N) is 1. The van der Waals surface area contributed by atoms with Crippen LogP contribution in [0.15, 0.2) is 24.3 Å². The second-order valence-corrected chi connectivity index (χ2v) is 5.07. The third-order valence-electron chi connectivity index (χ3n) is 3.60. The Balaban J connectivity index is 2.17. The molecule has 1 saturated heterocycles. The highest BCUT2D eigenvalue weighted by Gasteiger charge is 2.31. The van der Waals surface area contributed by atoms with Crippen LogP contribution in [0, 0.1) is 0 Å². The predicted octanol–water partition coefficient (Wildman–Crippen LogP) is 2.72. The Morgan fingerprint density at radius 3 is 2.45 bits per heavy atom. The van der Waals surface area contributed by atoms with E-state index in [-0.39, 0.29) is 12.6 Å². The minimum Gasteiger partial charge on any atom is -0.369 e. The highest BCUT2D eigenvalue weighted by molar-refractivity contribution is 5.76. The second kappa shape index (κ2) is 5.83. The topological polar surface area (TPSA) is 46.3 Å². The van der Waals surface area contributed by atoms with Crippen molar-refractivity contribution in [3.05, 3.63) is 35.4 Å². The second-order valence-electron chi connectivity index (χ2n) is 5.07. The van der Waals surface area contributed by atoms with Crippen LogP contribution in [0.4, 0.5) is 13.2 Å². The molecule has 2 N–H and O–H groups in total. The van der Waals surface area contributed by atoms with Gasteiger partial charge in [-0.1, -0.05) is 18.6 Å². The Bertz CT molecular complexity index is 470. The molecular formula is C14H17F3N2O. The molecule has 1 aliphatic rings. The van der Waals surface area contributed by atoms with Gasteiger partial charge in [-0.3, -0.25) is 9.69 Å². The highest BCUT2D eigenvalue weighted by atomic mass is 19.4. The zero-order chi connectivity index (χ0) is 14.8. The fraction of sp³-hybridized carbons (Fsp3) is 0.500. The Hall–Kier alpha value is -1.56. The van der Waals surface area contributed by atoms with Crippen LogP contribution in [-0.2, 0) is 11.0 Å². The molecule has 1 atom stereocenters. The Labute approximate surface area is 115 Å². The van der Waals surface area contributed by atoms with Gasteiger partial charge in [-0.2, -0.15) is 13.2 Å². The number of carbonyl (C=O) groups is 1. The summed E-state index contributed by atoms with van der Waals surface area (Å²) in [5.41, 5.74) is 5.37. The van der Waals surface area contributed by atoms with Crippen LogP contribution >= 0.6 is 0 Å². The van der Waals surface area contributed by atoms with Gasteiger partial charge < -0.3 is 5.73 Å². The van der Waals surface area contributed by atoms with Gasteiger partial charge in [0.25, 0.3) is 0 Å². The van der Waals surface area contributed by atoms with Gasteiger partial charge >= 0.3 is 6.18 Å². The smallest absolute Gasteiger partial charge is 0.369 e. The third-order valence-corrected chi connectivity index (χ3v) is 3.60. The number of hydrogen-bond donors (Lipinski definition) is 1. The Morgan fingerprint density at radius 1 is 1.25 bits per heavy atom. The molecule has 2 rings (SSSR count). The number of carbonyl (C=O) groups excluding carboxylic acids is 1. The molecule has 0 aromatic heterocycles. The number of hydrogen-bond acceptors (Lipinski definition) is 2. The molecule has 1 amide bonds. The largest absolute Gasteiger partial charge is 0.416 e. The molecule has 0 aliphatic carbocycles. The zero-order valence-electron chi connectivity index (χ0n) is 11.0. The van der Waals surface area contributed by atoms with Gasteiger partial charge in [0.2, 0.25) is 5.91 Å². The van der Waals surface area contributed by atoms with E-state index in [2.05, 4.69) is 0 Å². The normalized spacial score (nSPS) is 20.9. The minimum absolute atomic E-state index is 0.0291. The van der Waals surface area contributed by atoms with Crippen LogP contribution in [0.1, 0.15) is 36.4 Å². The summed E-state index contributed by atoms with van der Waals surface area (Å²) in [5.74, 6) is -0.413. The van der Waals surface area contributed by atoms with E-state index in [9.17, 15) is 18.0 Å². The monoisotopic (exact) mass is 286 g/mol. The molecule has 1 aliphatic heterocycles. The summed E-state index contributed by atoms with van der Waals surface area (Å²) in [4.78, 5) is 13.0. The number of alkyl halides is 3. The van der Waals surface area contributed by atoms with E-state index in [1.807, 2.05) is 4.90 Å². The summed E-state index contributed by atoms with van der Waals surface area (Å²) in [6, 6.07) is 5.14. The van der Waals surface area contributed by atoms with Gasteiger partial charge in [0.05, 0.1) is 12.1 Å². The van der Waals surface area contributed by atoms with Crippen molar-refractivity contribution in [1.82, 2.24) is 4.90 Å². The van der Waals surface area contributed by atoms with Crippen molar-refractivity contribution >= 4 is 5.91 Å². The maximum atomic E-state index is 12.5. The van der Waals surface area contributed by atoms with Crippen molar-refractivity contribution in [2.24, 2.45) is 5.73 Å². The molecule has 3 nitrogen and oxygen atoms in total. The number of likely N-dealkylation sites (tertiary alicyclic amines) is 1. The van der Waals surface area contributed by atoms with E-state index >= 15 is 0 Å². The van der Waals surface area contributed by atoms with Crippen molar-refractivity contribution in [2.75, 3.05) is 13.1 Å². The number of primary amides is 1. The van der Waals surface area contributed by atoms with Crippen LogP contribution in [0.25, 0.3) is 0 Å². The van der Waals surface area contributed by atoms with Crippen LogP contribution in [-0.4, -0.2) is 23.9 Å². The number of piperidine rings is 1. The molecule has 20 heavy (non-hydrogen) atoms. The number of halogens is 3. The van der Waals surface area contributed by atoms with Crippen molar-refractivity contribution in [3.63, 3.8) is 0 Å². The molecule has 0 unspecified atom stereocenters. The molecule has 0 bridgehead atoms. The van der Waals surface area contributed by atoms with Crippen molar-refractivity contribution in [2.45, 2.75) is 31.5 Å². The average molecular weight is 286 g/mol. The number of amides is 1. The zero-order valence-corrected chi connectivity index (χ0v) is 11.0. The molecular weight excluding hydrogens is 269 g/mol. The van der Waals surface area contributed by atoms with Gasteiger partial charge in [-0.05, 0) is 37.1 Å². The summed E-state index contributed by atoms with van der Waals surface area (Å²) in [6.45, 7) is 0.889. The van der Waals surface area contributed by atoms with E-state index in [1.165, 1.54) is 12.1 Å². The summed E-state index contributed by atoms with van der Waals surface area (Å²) in [6.07, 6.45) is -1.51. The van der Waals surface area contributed by atoms with Gasteiger partial charge in [-0.25, -0.2) is 0 Å². The quantitative estimate of drug-likeness (QED) is 0.928. The Morgan fingerprint density at radius 2 is 1.90 bits per heavy atom. The molecule has 1 heterocycles. The maximum Gasteiger partial charge on any atom is 0.416 e. The van der Waals surface area contributed by atoms with Gasteiger partial charge in [0.15, 0.2) is 0 Å². The van der Waals surface area contributed by atoms with E-state index in [1.54, 1.807) is 0 Å². The van der Waals surface area contributed by atoms with Crippen LogP contribution in [0.2, 0.25) is 0 Å². The van der Waals surface area contributed by atoms with Gasteiger partial charge in [0.1, 0.15) is 0 Å². The van der Waals surface area contributed by atoms with Crippen LogP contribution in [0.5, 0.6) is 0 Å². The first-order valence-electron chi connectivity index (χ1n) is 6.57. The molecule has 1 aromatic carbocycles. The maximum absolute atomic E-state index is 12.5. The first-order chi connectivity index (χ1) is 9.38. The molecule has 6 heteroatoms. The van der Waals surface area contributed by atoms with Crippen LogP contribution in [0.3, 0.4) is 0 Å². The van der Waals surface area contributed by atoms with E-state index in [0.29, 0.717) is 0 Å². The molecule has 1 aromatic rings. The lowest BCUT2D eigenvalue weighted by molar-refractivity contribution is -0.137. The number of benzene rings is 1. The van der Waals surface area contributed by atoms with Gasteiger partial charge in [0, 0.05) is 6.04 Å². The first kappa shape index (κ1) is 14.8. The van der Waals surface area contributed by atoms with Crippen molar-refractivity contribution in [3.8, 4) is 0 Å². The Kier molecular flexibility index (Phi) is 4.32. The fourth-order valence-corrected chi connectivity index (χ4v) is 2.65. The number of nitrogens with two attached hydrogens (primary N) is 1. The summed E-state index contributed by atoms with van der Waals surface area (Å²) in [5, 5.41) is 0. The lowest BCUT2D eigenvalue weighted by Gasteiger charge is -2.35. The molecule has 1 fully saturated rings. The summed E-state index contributed by atoms with van der Waals surface area (Å²) in [7, 11) is 0. The summed E-state index contributed by atoms with van der Waals surface area (Å²) < 4.78 is 37.6. The molecule has 0 spiro atoms. The van der Waals surface area contributed by atoms with Crippen molar-refractivity contribution < 1.29 is 18.0 Å². The van der Waals surface area contributed by atoms with Gasteiger partial charge in [-0.15, -0.1) is 0 Å². The molecule has 0 radical (unpaired) electrons. The lowest BCUT2D eigenvalue weighted by atomic mass is 9.94. The van der Waals surface area contributed by atoms with E-state index in [4.69, 9.17) is 5.73 Å². The number of rotatable bonds is 3. The van der Waals surface area contributed by atoms with Crippen LogP contribution < -0.4 is 5.73 Å². The molecule has 0 saturated carbocycles. The summed E-state index contributed by atoms with van der Waals surface area (Å²) >= 11 is 0. The van der Waals surface area contributed by atoms with E-state index < -0.39 is 17.6 Å². The third kappa shape index (κ3) is 3.50. The highest BCUT2D eigenvalue weighted by Crippen LogP contribution is 2.33. The SMILES string of the molecule is NC(=O)CN1CCCC[C@@H]1c1ccc(C(F)(F)F)cc1. The van der Waals surface area contributed by atoms with Crippen molar-refractivity contribution in [1.29, 1.82) is 0 Å².